The summed E-state index contributed by atoms with van der Waals surface area (Å²) in [5.74, 6) is 1.64. The second-order valence-electron chi connectivity index (χ2n) is 7.67. The number of hydrogen-bond acceptors (Lipinski definition) is 5. The molecule has 2 aliphatic heterocycles. The van der Waals surface area contributed by atoms with Gasteiger partial charge in [-0.25, -0.2) is 4.79 Å². The van der Waals surface area contributed by atoms with E-state index >= 15 is 0 Å². The van der Waals surface area contributed by atoms with E-state index in [2.05, 4.69) is 39.6 Å². The molecule has 7 nitrogen and oxygen atoms in total. The number of nitrogens with zero attached hydrogens (tertiary/aromatic N) is 4. The van der Waals surface area contributed by atoms with Gasteiger partial charge >= 0.3 is 6.09 Å². The highest BCUT2D eigenvalue weighted by atomic mass is 32.1. The molecule has 8 heteroatoms. The van der Waals surface area contributed by atoms with Crippen LogP contribution < -0.4 is 5.32 Å². The molecule has 0 radical (unpaired) electrons. The number of rotatable bonds is 6. The van der Waals surface area contributed by atoms with Crippen molar-refractivity contribution in [2.45, 2.75) is 33.2 Å². The van der Waals surface area contributed by atoms with Crippen LogP contribution >= 0.6 is 11.3 Å². The topological polar surface area (TPSA) is 60.4 Å². The molecule has 29 heavy (non-hydrogen) atoms. The van der Waals surface area contributed by atoms with Gasteiger partial charge in [-0.05, 0) is 57.1 Å². The van der Waals surface area contributed by atoms with Crippen LogP contribution in [0.4, 0.5) is 4.79 Å². The highest BCUT2D eigenvalue weighted by Crippen LogP contribution is 2.21. The molecule has 162 valence electrons. The Labute approximate surface area is 178 Å². The molecule has 1 N–H and O–H groups in total. The predicted octanol–water partition coefficient (Wildman–Crippen LogP) is 2.70. The number of piperazine rings is 1. The summed E-state index contributed by atoms with van der Waals surface area (Å²) in [6.07, 6.45) is 2.22. The summed E-state index contributed by atoms with van der Waals surface area (Å²) in [5.41, 5.74) is 0. The Morgan fingerprint density at radius 2 is 1.90 bits per heavy atom. The standard InChI is InChI=1S/C21H35N5O2S/c1-3-22-20(25-11-13-26(14-12-25)21(27)28-4-2)23-16-18-7-9-24(10-8-18)17-19-6-5-15-29-19/h5-6,15,18H,3-4,7-14,16-17H2,1-2H3,(H,22,23). The summed E-state index contributed by atoms with van der Waals surface area (Å²) >= 11 is 1.85. The fourth-order valence-electron chi connectivity index (χ4n) is 3.91. The molecule has 1 aromatic heterocycles. The van der Waals surface area contributed by atoms with E-state index in [1.807, 2.05) is 18.3 Å². The minimum Gasteiger partial charge on any atom is -0.450 e. The molecule has 0 aliphatic carbocycles. The molecule has 2 saturated heterocycles. The van der Waals surface area contributed by atoms with Crippen molar-refractivity contribution in [3.63, 3.8) is 0 Å². The van der Waals surface area contributed by atoms with Crippen LogP contribution in [-0.4, -0.2) is 85.7 Å². The molecule has 2 fully saturated rings. The van der Waals surface area contributed by atoms with Crippen molar-refractivity contribution in [3.05, 3.63) is 22.4 Å². The molecule has 3 heterocycles. The van der Waals surface area contributed by atoms with Gasteiger partial charge in [-0.3, -0.25) is 9.89 Å². The number of aliphatic imine (C=N–C) groups is 1. The van der Waals surface area contributed by atoms with Gasteiger partial charge in [0, 0.05) is 50.7 Å². The number of guanidine groups is 1. The van der Waals surface area contributed by atoms with Gasteiger partial charge in [0.05, 0.1) is 6.61 Å². The van der Waals surface area contributed by atoms with Crippen LogP contribution in [0.1, 0.15) is 31.6 Å². The van der Waals surface area contributed by atoms with Crippen LogP contribution in [0.5, 0.6) is 0 Å². The first-order valence-electron chi connectivity index (χ1n) is 10.9. The van der Waals surface area contributed by atoms with Crippen molar-refractivity contribution in [1.29, 1.82) is 0 Å². The van der Waals surface area contributed by atoms with Crippen molar-refractivity contribution in [2.24, 2.45) is 10.9 Å². The zero-order valence-electron chi connectivity index (χ0n) is 17.8. The quantitative estimate of drug-likeness (QED) is 0.565. The average molecular weight is 422 g/mol. The second-order valence-corrected chi connectivity index (χ2v) is 8.70. The number of hydrogen-bond donors (Lipinski definition) is 1. The molecular weight excluding hydrogens is 386 g/mol. The smallest absolute Gasteiger partial charge is 0.409 e. The lowest BCUT2D eigenvalue weighted by atomic mass is 9.97. The molecule has 0 bridgehead atoms. The van der Waals surface area contributed by atoms with Gasteiger partial charge in [0.15, 0.2) is 5.96 Å². The number of ether oxygens (including phenoxy) is 1. The molecule has 3 rings (SSSR count). The molecule has 1 aromatic rings. The van der Waals surface area contributed by atoms with Crippen molar-refractivity contribution in [2.75, 3.05) is 59.0 Å². The number of carbonyl (C=O) groups excluding carboxylic acids is 1. The van der Waals surface area contributed by atoms with Gasteiger partial charge in [0.25, 0.3) is 0 Å². The van der Waals surface area contributed by atoms with Crippen LogP contribution in [0.15, 0.2) is 22.5 Å². The van der Waals surface area contributed by atoms with Crippen LogP contribution in [0.3, 0.4) is 0 Å². The van der Waals surface area contributed by atoms with Crippen LogP contribution in [0.25, 0.3) is 0 Å². The molecule has 2 aliphatic rings. The van der Waals surface area contributed by atoms with Crippen molar-refractivity contribution in [1.82, 2.24) is 20.0 Å². The lowest BCUT2D eigenvalue weighted by molar-refractivity contribution is 0.0914. The summed E-state index contributed by atoms with van der Waals surface area (Å²) in [7, 11) is 0. The number of piperidine rings is 1. The first-order valence-corrected chi connectivity index (χ1v) is 11.8. The Kier molecular flexibility index (Phi) is 8.61. The number of nitrogens with one attached hydrogen (secondary N) is 1. The number of likely N-dealkylation sites (tertiary alicyclic amines) is 1. The van der Waals surface area contributed by atoms with E-state index in [0.29, 0.717) is 25.6 Å². The van der Waals surface area contributed by atoms with Gasteiger partial charge < -0.3 is 19.9 Å². The Hall–Kier alpha value is -1.80. The maximum Gasteiger partial charge on any atom is 0.409 e. The summed E-state index contributed by atoms with van der Waals surface area (Å²) in [6.45, 7) is 12.5. The first kappa shape index (κ1) is 21.9. The van der Waals surface area contributed by atoms with E-state index in [0.717, 1.165) is 51.8 Å². The van der Waals surface area contributed by atoms with E-state index < -0.39 is 0 Å². The van der Waals surface area contributed by atoms with Gasteiger partial charge in [-0.2, -0.15) is 0 Å². The van der Waals surface area contributed by atoms with Crippen molar-refractivity contribution in [3.8, 4) is 0 Å². The fraction of sp³-hybridized carbons (Fsp3) is 0.714. The largest absolute Gasteiger partial charge is 0.450 e. The third-order valence-electron chi connectivity index (χ3n) is 5.61. The Bertz CT molecular complexity index is 636. The minimum atomic E-state index is -0.205. The molecule has 0 aromatic carbocycles. The van der Waals surface area contributed by atoms with E-state index in [4.69, 9.17) is 9.73 Å². The highest BCUT2D eigenvalue weighted by Gasteiger charge is 2.24. The molecule has 0 saturated carbocycles. The highest BCUT2D eigenvalue weighted by molar-refractivity contribution is 7.09. The van der Waals surface area contributed by atoms with Crippen LogP contribution in [0, 0.1) is 5.92 Å². The normalized spacial score (nSPS) is 19.4. The van der Waals surface area contributed by atoms with Gasteiger partial charge in [-0.1, -0.05) is 6.07 Å². The SMILES string of the molecule is CCNC(=NCC1CCN(Cc2cccs2)CC1)N1CCN(C(=O)OCC)CC1. The second kappa shape index (κ2) is 11.4. The van der Waals surface area contributed by atoms with Crippen molar-refractivity contribution < 1.29 is 9.53 Å². The number of amides is 1. The number of carbonyl (C=O) groups is 1. The Morgan fingerprint density at radius 1 is 1.17 bits per heavy atom. The van der Waals surface area contributed by atoms with Crippen LogP contribution in [0.2, 0.25) is 0 Å². The third-order valence-corrected chi connectivity index (χ3v) is 6.47. The zero-order chi connectivity index (χ0) is 20.5. The average Bonchev–Trinajstić information content (AvgIpc) is 3.25. The van der Waals surface area contributed by atoms with Gasteiger partial charge in [-0.15, -0.1) is 11.3 Å². The summed E-state index contributed by atoms with van der Waals surface area (Å²) in [6, 6.07) is 4.36. The predicted molar refractivity (Wildman–Crippen MR) is 118 cm³/mol. The Balaban J connectivity index is 1.44. The monoisotopic (exact) mass is 421 g/mol. The molecular formula is C21H35N5O2S. The maximum absolute atomic E-state index is 11.9. The maximum atomic E-state index is 11.9. The van der Waals surface area contributed by atoms with E-state index in [-0.39, 0.29) is 6.09 Å². The van der Waals surface area contributed by atoms with E-state index in [1.165, 1.54) is 17.7 Å². The van der Waals surface area contributed by atoms with Crippen molar-refractivity contribution >= 4 is 23.4 Å². The van der Waals surface area contributed by atoms with E-state index in [1.54, 1.807) is 4.90 Å². The van der Waals surface area contributed by atoms with Crippen LogP contribution in [-0.2, 0) is 11.3 Å². The summed E-state index contributed by atoms with van der Waals surface area (Å²) < 4.78 is 5.11. The molecule has 0 unspecified atom stereocenters. The number of thiophene rings is 1. The Morgan fingerprint density at radius 3 is 2.52 bits per heavy atom. The molecule has 1 amide bonds. The van der Waals surface area contributed by atoms with Gasteiger partial charge in [0.1, 0.15) is 0 Å². The minimum absolute atomic E-state index is 0.205. The zero-order valence-corrected chi connectivity index (χ0v) is 18.6. The van der Waals surface area contributed by atoms with E-state index in [9.17, 15) is 4.79 Å². The third kappa shape index (κ3) is 6.60. The summed E-state index contributed by atoms with van der Waals surface area (Å²) in [4.78, 5) is 24.9. The summed E-state index contributed by atoms with van der Waals surface area (Å²) in [5, 5.41) is 5.59. The fourth-order valence-corrected chi connectivity index (χ4v) is 4.65. The lowest BCUT2D eigenvalue weighted by Gasteiger charge is -2.36. The van der Waals surface area contributed by atoms with Gasteiger partial charge in [0.2, 0.25) is 0 Å². The lowest BCUT2D eigenvalue weighted by Crippen LogP contribution is -2.54. The first-order chi connectivity index (χ1) is 14.2. The molecule has 0 spiro atoms. The molecule has 0 atom stereocenters.